The Hall–Kier alpha value is -2.33. The summed E-state index contributed by atoms with van der Waals surface area (Å²) in [4.78, 5) is 21.8. The molecule has 2 aromatic heterocycles. The lowest BCUT2D eigenvalue weighted by Crippen LogP contribution is -2.35. The zero-order valence-corrected chi connectivity index (χ0v) is 17.8. The molecule has 1 aliphatic rings. The summed E-state index contributed by atoms with van der Waals surface area (Å²) >= 11 is 7.38. The fourth-order valence-electron chi connectivity index (χ4n) is 3.10. The molecule has 3 heterocycles. The molecule has 0 saturated heterocycles. The number of hydrogen-bond acceptors (Lipinski definition) is 6. The molecule has 0 aliphatic carbocycles. The van der Waals surface area contributed by atoms with E-state index in [4.69, 9.17) is 11.6 Å². The second-order valence-corrected chi connectivity index (χ2v) is 9.91. The maximum absolute atomic E-state index is 13.1. The molecule has 1 amide bonds. The largest absolute Gasteiger partial charge is 0.296 e. The number of pyridine rings is 1. The molecule has 0 unspecified atom stereocenters. The number of nitrogens with zero attached hydrogens (tertiary/aromatic N) is 3. The van der Waals surface area contributed by atoms with Gasteiger partial charge < -0.3 is 0 Å². The molecule has 3 aromatic rings. The van der Waals surface area contributed by atoms with Crippen molar-refractivity contribution in [2.45, 2.75) is 24.8 Å². The molecule has 0 saturated carbocycles. The number of nitrogens with one attached hydrogen (secondary N) is 1. The van der Waals surface area contributed by atoms with E-state index in [2.05, 4.69) is 15.3 Å². The van der Waals surface area contributed by atoms with Crippen LogP contribution >= 0.6 is 22.9 Å². The van der Waals surface area contributed by atoms with Crippen LogP contribution in [-0.4, -0.2) is 35.1 Å². The van der Waals surface area contributed by atoms with Crippen LogP contribution in [0.1, 0.15) is 26.6 Å². The molecule has 0 spiro atoms. The summed E-state index contributed by atoms with van der Waals surface area (Å²) in [6.07, 6.45) is 2.02. The van der Waals surface area contributed by atoms with Gasteiger partial charge in [-0.2, -0.15) is 4.31 Å². The van der Waals surface area contributed by atoms with Gasteiger partial charge in [-0.3, -0.25) is 15.1 Å². The van der Waals surface area contributed by atoms with E-state index in [1.165, 1.54) is 15.6 Å². The van der Waals surface area contributed by atoms with E-state index in [1.54, 1.807) is 49.5 Å². The molecule has 7 nitrogen and oxygen atoms in total. The normalized spacial score (nSPS) is 14.4. The maximum atomic E-state index is 13.1. The number of fused-ring (bicyclic) bond motifs is 1. The molecule has 10 heteroatoms. The van der Waals surface area contributed by atoms with Gasteiger partial charge in [0.25, 0.3) is 5.91 Å². The van der Waals surface area contributed by atoms with E-state index in [0.29, 0.717) is 34.4 Å². The molecule has 0 atom stereocenters. The minimum atomic E-state index is -3.68. The topological polar surface area (TPSA) is 92.3 Å². The van der Waals surface area contributed by atoms with Gasteiger partial charge in [-0.15, -0.1) is 11.3 Å². The quantitative estimate of drug-likeness (QED) is 0.659. The fraction of sp³-hybridized carbons (Fsp3) is 0.211. The van der Waals surface area contributed by atoms with Crippen molar-refractivity contribution >= 4 is 44.0 Å². The Morgan fingerprint density at radius 2 is 2.07 bits per heavy atom. The fourth-order valence-corrected chi connectivity index (χ4v) is 6.08. The van der Waals surface area contributed by atoms with Crippen LogP contribution in [0.5, 0.6) is 0 Å². The number of carbonyl (C=O) groups is 1. The summed E-state index contributed by atoms with van der Waals surface area (Å²) in [6, 6.07) is 9.95. The predicted octanol–water partition coefficient (Wildman–Crippen LogP) is 3.50. The van der Waals surface area contributed by atoms with Crippen LogP contribution in [0.4, 0.5) is 5.13 Å². The molecule has 4 rings (SSSR count). The Labute approximate surface area is 177 Å². The number of rotatable bonds is 4. The number of aromatic nitrogens is 2. The summed E-state index contributed by atoms with van der Waals surface area (Å²) < 4.78 is 27.7. The first kappa shape index (κ1) is 20.0. The number of thiazole rings is 1. The van der Waals surface area contributed by atoms with Crippen LogP contribution in [0.15, 0.2) is 47.5 Å². The molecule has 1 aliphatic heterocycles. The number of hydrogen-bond donors (Lipinski definition) is 1. The van der Waals surface area contributed by atoms with E-state index in [1.807, 2.05) is 0 Å². The molecule has 0 fully saturated rings. The van der Waals surface area contributed by atoms with E-state index in [0.717, 1.165) is 10.6 Å². The minimum Gasteiger partial charge on any atom is -0.296 e. The highest BCUT2D eigenvalue weighted by Gasteiger charge is 2.32. The highest BCUT2D eigenvalue weighted by atomic mass is 35.5. The van der Waals surface area contributed by atoms with Crippen molar-refractivity contribution in [3.63, 3.8) is 0 Å². The monoisotopic (exact) mass is 448 g/mol. The lowest BCUT2D eigenvalue weighted by Gasteiger charge is -2.26. The Balaban J connectivity index is 1.55. The first-order valence-electron chi connectivity index (χ1n) is 8.82. The number of benzene rings is 1. The Bertz CT molecular complexity index is 1180. The Kier molecular flexibility index (Phi) is 5.39. The van der Waals surface area contributed by atoms with Crippen LogP contribution < -0.4 is 5.32 Å². The maximum Gasteiger partial charge on any atom is 0.276 e. The van der Waals surface area contributed by atoms with Crippen LogP contribution in [-0.2, 0) is 23.0 Å². The molecule has 1 N–H and O–H groups in total. The second kappa shape index (κ2) is 7.83. The Morgan fingerprint density at radius 1 is 1.24 bits per heavy atom. The van der Waals surface area contributed by atoms with Crippen LogP contribution in [0.2, 0.25) is 5.02 Å². The van der Waals surface area contributed by atoms with Crippen molar-refractivity contribution in [2.75, 3.05) is 11.9 Å². The first-order chi connectivity index (χ1) is 13.9. The van der Waals surface area contributed by atoms with Gasteiger partial charge in [0, 0.05) is 29.1 Å². The molecule has 29 heavy (non-hydrogen) atoms. The van der Waals surface area contributed by atoms with E-state index >= 15 is 0 Å². The summed E-state index contributed by atoms with van der Waals surface area (Å²) in [5.41, 5.74) is 1.63. The summed E-state index contributed by atoms with van der Waals surface area (Å²) in [7, 11) is -3.68. The van der Waals surface area contributed by atoms with Crippen LogP contribution in [0.25, 0.3) is 0 Å². The lowest BCUT2D eigenvalue weighted by atomic mass is 10.2. The van der Waals surface area contributed by atoms with E-state index in [9.17, 15) is 13.2 Å². The number of carbonyl (C=O) groups excluding carboxylic acids is 1. The predicted molar refractivity (Wildman–Crippen MR) is 112 cm³/mol. The zero-order valence-electron chi connectivity index (χ0n) is 15.4. The van der Waals surface area contributed by atoms with Crippen molar-refractivity contribution in [1.82, 2.24) is 14.3 Å². The van der Waals surface area contributed by atoms with Gasteiger partial charge in [0.2, 0.25) is 10.0 Å². The first-order valence-corrected chi connectivity index (χ1v) is 11.5. The SMILES string of the molecule is Cc1c(Cl)cccc1S(=O)(=O)N1CCc2nc(NC(=O)c3ccccn3)sc2C1. The minimum absolute atomic E-state index is 0.209. The molecular weight excluding hydrogens is 432 g/mol. The van der Waals surface area contributed by atoms with Gasteiger partial charge in [0.05, 0.1) is 17.1 Å². The number of amides is 1. The van der Waals surface area contributed by atoms with Gasteiger partial charge in [-0.1, -0.05) is 23.7 Å². The average Bonchev–Trinajstić information content (AvgIpc) is 3.12. The number of sulfonamides is 1. The number of anilines is 1. The highest BCUT2D eigenvalue weighted by Crippen LogP contribution is 2.33. The second-order valence-electron chi connectivity index (χ2n) is 6.51. The molecule has 150 valence electrons. The molecule has 0 bridgehead atoms. The van der Waals surface area contributed by atoms with Crippen molar-refractivity contribution < 1.29 is 13.2 Å². The van der Waals surface area contributed by atoms with E-state index < -0.39 is 10.0 Å². The molecule has 0 radical (unpaired) electrons. The average molecular weight is 449 g/mol. The van der Waals surface area contributed by atoms with E-state index in [-0.39, 0.29) is 17.3 Å². The van der Waals surface area contributed by atoms with Gasteiger partial charge in [-0.05, 0) is 36.8 Å². The highest BCUT2D eigenvalue weighted by molar-refractivity contribution is 7.89. The lowest BCUT2D eigenvalue weighted by molar-refractivity contribution is 0.102. The number of halogens is 1. The van der Waals surface area contributed by atoms with Crippen molar-refractivity contribution in [1.29, 1.82) is 0 Å². The van der Waals surface area contributed by atoms with Gasteiger partial charge >= 0.3 is 0 Å². The van der Waals surface area contributed by atoms with Crippen molar-refractivity contribution in [3.8, 4) is 0 Å². The standard InChI is InChI=1S/C19H17ClN4O3S2/c1-12-13(20)5-4-7-17(12)29(26,27)24-10-8-14-16(11-24)28-19(22-14)23-18(25)15-6-2-3-9-21-15/h2-7,9H,8,10-11H2,1H3,(H,22,23,25). The van der Waals surface area contributed by atoms with Crippen LogP contribution in [0, 0.1) is 6.92 Å². The third-order valence-electron chi connectivity index (χ3n) is 4.65. The van der Waals surface area contributed by atoms with Gasteiger partial charge in [0.1, 0.15) is 5.69 Å². The van der Waals surface area contributed by atoms with Gasteiger partial charge in [0.15, 0.2) is 5.13 Å². The third-order valence-corrected chi connectivity index (χ3v) is 8.05. The van der Waals surface area contributed by atoms with Crippen molar-refractivity contribution in [2.24, 2.45) is 0 Å². The summed E-state index contributed by atoms with van der Waals surface area (Å²) in [6.45, 7) is 2.22. The smallest absolute Gasteiger partial charge is 0.276 e. The zero-order chi connectivity index (χ0) is 20.6. The van der Waals surface area contributed by atoms with Gasteiger partial charge in [-0.25, -0.2) is 13.4 Å². The molecular formula is C19H17ClN4O3S2. The third kappa shape index (κ3) is 3.91. The van der Waals surface area contributed by atoms with Crippen LogP contribution in [0.3, 0.4) is 0 Å². The Morgan fingerprint density at radius 3 is 2.83 bits per heavy atom. The summed E-state index contributed by atoms with van der Waals surface area (Å²) in [5.74, 6) is -0.351. The molecule has 1 aromatic carbocycles. The summed E-state index contributed by atoms with van der Waals surface area (Å²) in [5, 5.41) is 3.59. The van der Waals surface area contributed by atoms with Crippen molar-refractivity contribution in [3.05, 3.63) is 69.4 Å².